The summed E-state index contributed by atoms with van der Waals surface area (Å²) in [4.78, 5) is 30.4. The summed E-state index contributed by atoms with van der Waals surface area (Å²) < 4.78 is 13.4. The van der Waals surface area contributed by atoms with Gasteiger partial charge in [-0.1, -0.05) is 0 Å². The van der Waals surface area contributed by atoms with Gasteiger partial charge in [0, 0.05) is 41.8 Å². The quantitative estimate of drug-likeness (QED) is 0.662. The standard InChI is InChI=1S/C24H30BrN3O4/c1-13-10-14(2)27-23(30)18(13)12-26-22(29)17-11-19(25)21-20(15(17)3)31-24(4,32-21)16-6-8-28(5)9-7-16/h10-11,16H,6-9,12H2,1-5H3,(H,26,29)(H,27,30)/t24-/m1/s1. The third kappa shape index (κ3) is 4.18. The van der Waals surface area contributed by atoms with Crippen LogP contribution in [-0.2, 0) is 6.54 Å². The zero-order valence-corrected chi connectivity index (χ0v) is 20.8. The molecule has 1 atom stereocenters. The minimum absolute atomic E-state index is 0.152. The fourth-order valence-electron chi connectivity index (χ4n) is 4.65. The van der Waals surface area contributed by atoms with E-state index in [4.69, 9.17) is 9.47 Å². The number of piperidine rings is 1. The molecule has 1 amide bonds. The largest absolute Gasteiger partial charge is 0.448 e. The second-order valence-corrected chi connectivity index (χ2v) is 9.97. The maximum absolute atomic E-state index is 13.0. The molecule has 2 aromatic rings. The van der Waals surface area contributed by atoms with Crippen molar-refractivity contribution in [2.75, 3.05) is 20.1 Å². The van der Waals surface area contributed by atoms with Gasteiger partial charge < -0.3 is 24.7 Å². The van der Waals surface area contributed by atoms with Crippen molar-refractivity contribution in [3.63, 3.8) is 0 Å². The number of pyridine rings is 1. The number of carbonyl (C=O) groups excluding carboxylic acids is 1. The number of hydrogen-bond donors (Lipinski definition) is 2. The van der Waals surface area contributed by atoms with Gasteiger partial charge in [-0.25, -0.2) is 0 Å². The van der Waals surface area contributed by atoms with E-state index in [2.05, 4.69) is 38.2 Å². The minimum Gasteiger partial charge on any atom is -0.448 e. The molecule has 32 heavy (non-hydrogen) atoms. The average molecular weight is 504 g/mol. The number of H-pyrrole nitrogens is 1. The molecule has 8 heteroatoms. The molecule has 1 fully saturated rings. The number of aryl methyl sites for hydroxylation is 2. The molecule has 0 radical (unpaired) electrons. The van der Waals surface area contributed by atoms with E-state index >= 15 is 0 Å². The molecule has 7 nitrogen and oxygen atoms in total. The molecule has 4 rings (SSSR count). The van der Waals surface area contributed by atoms with Gasteiger partial charge in [-0.15, -0.1) is 0 Å². The van der Waals surface area contributed by atoms with E-state index in [-0.39, 0.29) is 23.9 Å². The second-order valence-electron chi connectivity index (χ2n) is 9.11. The summed E-state index contributed by atoms with van der Waals surface area (Å²) in [6, 6.07) is 3.66. The van der Waals surface area contributed by atoms with E-state index in [1.54, 1.807) is 6.07 Å². The Morgan fingerprint density at radius 1 is 1.22 bits per heavy atom. The first-order chi connectivity index (χ1) is 15.1. The number of fused-ring (bicyclic) bond motifs is 1. The predicted molar refractivity (Wildman–Crippen MR) is 126 cm³/mol. The zero-order valence-electron chi connectivity index (χ0n) is 19.2. The molecule has 2 aliphatic rings. The van der Waals surface area contributed by atoms with Crippen LogP contribution in [0.5, 0.6) is 11.5 Å². The number of amides is 1. The van der Waals surface area contributed by atoms with Crippen molar-refractivity contribution in [1.82, 2.24) is 15.2 Å². The molecule has 0 unspecified atom stereocenters. The summed E-state index contributed by atoms with van der Waals surface area (Å²) in [5.74, 6) is 0.507. The van der Waals surface area contributed by atoms with Gasteiger partial charge in [-0.3, -0.25) is 9.59 Å². The highest BCUT2D eigenvalue weighted by Gasteiger charge is 2.46. The van der Waals surface area contributed by atoms with Crippen molar-refractivity contribution in [2.24, 2.45) is 5.92 Å². The highest BCUT2D eigenvalue weighted by Crippen LogP contribution is 2.51. The lowest BCUT2D eigenvalue weighted by Crippen LogP contribution is -2.48. The number of rotatable bonds is 4. The fourth-order valence-corrected chi connectivity index (χ4v) is 5.14. The van der Waals surface area contributed by atoms with Gasteiger partial charge in [0.2, 0.25) is 0 Å². The Kier molecular flexibility index (Phi) is 6.11. The summed E-state index contributed by atoms with van der Waals surface area (Å²) in [6.07, 6.45) is 1.99. The SMILES string of the molecule is Cc1cc(C)c(CNC(=O)c2cc(Br)c3c(c2C)O[C@@](C)(C2CCN(C)CC2)O3)c(=O)[nH]1. The Bertz CT molecular complexity index is 1120. The Balaban J connectivity index is 1.55. The molecule has 0 bridgehead atoms. The number of likely N-dealkylation sites (tertiary alicyclic amines) is 1. The number of aromatic amines is 1. The van der Waals surface area contributed by atoms with E-state index in [0.717, 1.165) is 42.8 Å². The number of aromatic nitrogens is 1. The summed E-state index contributed by atoms with van der Waals surface area (Å²) in [5.41, 5.74) is 3.24. The number of nitrogens with zero attached hydrogens (tertiary/aromatic N) is 1. The number of ether oxygens (including phenoxy) is 2. The smallest absolute Gasteiger partial charge is 0.253 e. The summed E-state index contributed by atoms with van der Waals surface area (Å²) in [5, 5.41) is 2.88. The Morgan fingerprint density at radius 2 is 1.88 bits per heavy atom. The van der Waals surface area contributed by atoms with Crippen molar-refractivity contribution in [2.45, 2.75) is 52.9 Å². The summed E-state index contributed by atoms with van der Waals surface area (Å²) >= 11 is 3.56. The molecular formula is C24H30BrN3O4. The molecular weight excluding hydrogens is 474 g/mol. The van der Waals surface area contributed by atoms with Gasteiger partial charge in [-0.05, 0) is 87.4 Å². The van der Waals surface area contributed by atoms with Crippen molar-refractivity contribution >= 4 is 21.8 Å². The third-order valence-electron chi connectivity index (χ3n) is 6.67. The molecule has 1 aromatic heterocycles. The average Bonchev–Trinajstić information content (AvgIpc) is 3.10. The molecule has 2 aliphatic heterocycles. The highest BCUT2D eigenvalue weighted by atomic mass is 79.9. The van der Waals surface area contributed by atoms with Crippen LogP contribution in [0.25, 0.3) is 0 Å². The maximum Gasteiger partial charge on any atom is 0.253 e. The van der Waals surface area contributed by atoms with Crippen LogP contribution in [0, 0.1) is 26.7 Å². The van der Waals surface area contributed by atoms with Gasteiger partial charge in [-0.2, -0.15) is 0 Å². The minimum atomic E-state index is -0.752. The molecule has 1 aromatic carbocycles. The molecule has 0 saturated carbocycles. The number of hydrogen-bond acceptors (Lipinski definition) is 5. The van der Waals surface area contributed by atoms with E-state index < -0.39 is 5.79 Å². The van der Waals surface area contributed by atoms with Crippen LogP contribution >= 0.6 is 15.9 Å². The third-order valence-corrected chi connectivity index (χ3v) is 7.26. The van der Waals surface area contributed by atoms with Gasteiger partial charge in [0.25, 0.3) is 17.3 Å². The lowest BCUT2D eigenvalue weighted by molar-refractivity contribution is -0.124. The Labute approximate surface area is 196 Å². The molecule has 2 N–H and O–H groups in total. The zero-order chi connectivity index (χ0) is 23.2. The van der Waals surface area contributed by atoms with E-state index in [0.29, 0.717) is 27.1 Å². The van der Waals surface area contributed by atoms with Crippen LogP contribution in [0.3, 0.4) is 0 Å². The number of halogens is 1. The van der Waals surface area contributed by atoms with Gasteiger partial charge in [0.1, 0.15) is 0 Å². The Morgan fingerprint density at radius 3 is 2.53 bits per heavy atom. The number of carbonyl (C=O) groups is 1. The van der Waals surface area contributed by atoms with Gasteiger partial charge in [0.05, 0.1) is 4.47 Å². The lowest BCUT2D eigenvalue weighted by Gasteiger charge is -2.37. The molecule has 3 heterocycles. The first-order valence-electron chi connectivity index (χ1n) is 11.0. The monoisotopic (exact) mass is 503 g/mol. The topological polar surface area (TPSA) is 83.7 Å². The molecule has 0 aliphatic carbocycles. The number of nitrogens with one attached hydrogen (secondary N) is 2. The number of benzene rings is 1. The van der Waals surface area contributed by atoms with E-state index in [9.17, 15) is 9.59 Å². The molecule has 172 valence electrons. The second kappa shape index (κ2) is 8.56. The van der Waals surface area contributed by atoms with Crippen LogP contribution < -0.4 is 20.3 Å². The molecule has 1 saturated heterocycles. The van der Waals surface area contributed by atoms with E-state index in [1.807, 2.05) is 33.8 Å². The van der Waals surface area contributed by atoms with Crippen molar-refractivity contribution < 1.29 is 14.3 Å². The fraction of sp³-hybridized carbons (Fsp3) is 0.500. The molecule has 0 spiro atoms. The highest BCUT2D eigenvalue weighted by molar-refractivity contribution is 9.10. The predicted octanol–water partition coefficient (Wildman–Crippen LogP) is 3.82. The maximum atomic E-state index is 13.0. The first kappa shape index (κ1) is 22.9. The summed E-state index contributed by atoms with van der Waals surface area (Å²) in [7, 11) is 2.13. The van der Waals surface area contributed by atoms with Crippen LogP contribution in [0.15, 0.2) is 21.4 Å². The normalized spacial score (nSPS) is 21.1. The van der Waals surface area contributed by atoms with Crippen molar-refractivity contribution in [1.29, 1.82) is 0 Å². The van der Waals surface area contributed by atoms with Crippen LogP contribution in [0.1, 0.15) is 52.5 Å². The van der Waals surface area contributed by atoms with Crippen LogP contribution in [0.4, 0.5) is 0 Å². The van der Waals surface area contributed by atoms with Crippen LogP contribution in [-0.4, -0.2) is 41.7 Å². The van der Waals surface area contributed by atoms with Crippen molar-refractivity contribution in [3.8, 4) is 11.5 Å². The Hall–Kier alpha value is -2.32. The lowest BCUT2D eigenvalue weighted by atomic mass is 9.89. The summed E-state index contributed by atoms with van der Waals surface area (Å²) in [6.45, 7) is 9.73. The van der Waals surface area contributed by atoms with Crippen LogP contribution in [0.2, 0.25) is 0 Å². The van der Waals surface area contributed by atoms with E-state index in [1.165, 1.54) is 0 Å². The van der Waals surface area contributed by atoms with Gasteiger partial charge >= 0.3 is 0 Å². The first-order valence-corrected chi connectivity index (χ1v) is 11.8. The van der Waals surface area contributed by atoms with Gasteiger partial charge in [0.15, 0.2) is 11.5 Å². The van der Waals surface area contributed by atoms with Crippen molar-refractivity contribution in [3.05, 3.63) is 54.9 Å².